The number of nitriles is 1. The molecule has 7 nitrogen and oxygen atoms in total. The van der Waals surface area contributed by atoms with E-state index in [1.165, 1.54) is 6.20 Å². The Morgan fingerprint density at radius 3 is 2.68 bits per heavy atom. The molecule has 2 aliphatic heterocycles. The second-order valence-corrected chi connectivity index (χ2v) is 7.31. The van der Waals surface area contributed by atoms with Gasteiger partial charge < -0.3 is 14.6 Å². The van der Waals surface area contributed by atoms with E-state index in [2.05, 4.69) is 11.1 Å². The topological polar surface area (TPSA) is 95.7 Å². The van der Waals surface area contributed by atoms with E-state index in [-0.39, 0.29) is 18.7 Å². The van der Waals surface area contributed by atoms with E-state index < -0.39 is 11.7 Å². The minimum absolute atomic E-state index is 0.203. The highest BCUT2D eigenvalue weighted by molar-refractivity contribution is 5.69. The number of aliphatic hydroxyl groups is 1. The third-order valence-corrected chi connectivity index (χ3v) is 5.37. The van der Waals surface area contributed by atoms with E-state index in [1.54, 1.807) is 17.2 Å². The van der Waals surface area contributed by atoms with Gasteiger partial charge in [-0.2, -0.15) is 5.26 Å². The number of ether oxygens (including phenoxy) is 2. The van der Waals surface area contributed by atoms with Crippen molar-refractivity contribution in [1.82, 2.24) is 9.88 Å². The van der Waals surface area contributed by atoms with Gasteiger partial charge in [0.15, 0.2) is 0 Å². The van der Waals surface area contributed by atoms with Gasteiger partial charge in [-0.25, -0.2) is 4.79 Å². The van der Waals surface area contributed by atoms with Crippen LogP contribution in [-0.2, 0) is 21.7 Å². The number of benzene rings is 1. The molecule has 144 valence electrons. The Morgan fingerprint density at radius 1 is 1.29 bits per heavy atom. The van der Waals surface area contributed by atoms with Gasteiger partial charge in [0, 0.05) is 30.8 Å². The zero-order valence-corrected chi connectivity index (χ0v) is 15.3. The maximum absolute atomic E-state index is 12.7. The molecule has 0 aliphatic carbocycles. The summed E-state index contributed by atoms with van der Waals surface area (Å²) in [6.45, 7) is 0.879. The summed E-state index contributed by atoms with van der Waals surface area (Å²) in [4.78, 5) is 18.5. The molecule has 0 spiro atoms. The number of hydrogen-bond donors (Lipinski definition) is 1. The Labute approximate surface area is 163 Å². The lowest BCUT2D eigenvalue weighted by molar-refractivity contribution is -0.137. The predicted octanol–water partition coefficient (Wildman–Crippen LogP) is 2.34. The van der Waals surface area contributed by atoms with Gasteiger partial charge in [0.25, 0.3) is 0 Å². The third kappa shape index (κ3) is 3.57. The monoisotopic (exact) mass is 379 g/mol. The van der Waals surface area contributed by atoms with Crippen LogP contribution < -0.4 is 0 Å². The highest BCUT2D eigenvalue weighted by Crippen LogP contribution is 2.41. The van der Waals surface area contributed by atoms with Crippen molar-refractivity contribution in [1.29, 1.82) is 5.26 Å². The number of aromatic nitrogens is 1. The Morgan fingerprint density at radius 2 is 2.00 bits per heavy atom. The fraction of sp³-hybridized carbons (Fsp3) is 0.381. The van der Waals surface area contributed by atoms with Crippen LogP contribution in [0.25, 0.3) is 0 Å². The summed E-state index contributed by atoms with van der Waals surface area (Å²) >= 11 is 0. The number of morpholine rings is 1. The lowest BCUT2D eigenvalue weighted by atomic mass is 9.77. The Balaban J connectivity index is 1.50. The van der Waals surface area contributed by atoms with Crippen molar-refractivity contribution in [3.63, 3.8) is 0 Å². The second-order valence-electron chi connectivity index (χ2n) is 7.31. The number of nitrogens with zero attached hydrogens (tertiary/aromatic N) is 3. The molecule has 1 amide bonds. The lowest BCUT2D eigenvalue weighted by Crippen LogP contribution is -2.62. The van der Waals surface area contributed by atoms with Crippen molar-refractivity contribution in [2.45, 2.75) is 37.1 Å². The first-order valence-electron chi connectivity index (χ1n) is 9.24. The van der Waals surface area contributed by atoms with Crippen LogP contribution in [0.15, 0.2) is 48.8 Å². The van der Waals surface area contributed by atoms with Crippen LogP contribution in [-0.4, -0.2) is 46.4 Å². The zero-order valence-electron chi connectivity index (χ0n) is 15.3. The van der Waals surface area contributed by atoms with Crippen LogP contribution in [0.4, 0.5) is 4.79 Å². The highest BCUT2D eigenvalue weighted by atomic mass is 16.6. The number of carbonyl (C=O) groups excluding carboxylic acids is 1. The lowest BCUT2D eigenvalue weighted by Gasteiger charge is -2.50. The minimum Gasteiger partial charge on any atom is -0.445 e. The fourth-order valence-electron chi connectivity index (χ4n) is 4.06. The average Bonchev–Trinajstić information content (AvgIpc) is 2.72. The summed E-state index contributed by atoms with van der Waals surface area (Å²) in [5.41, 5.74) is 0.762. The number of amides is 1. The molecule has 1 N–H and O–H groups in total. The smallest absolute Gasteiger partial charge is 0.410 e. The van der Waals surface area contributed by atoms with Crippen LogP contribution in [0.3, 0.4) is 0 Å². The normalized spacial score (nSPS) is 26.4. The first kappa shape index (κ1) is 18.4. The van der Waals surface area contributed by atoms with Gasteiger partial charge in [-0.1, -0.05) is 30.3 Å². The minimum atomic E-state index is -1.16. The van der Waals surface area contributed by atoms with Crippen molar-refractivity contribution in [2.75, 3.05) is 13.2 Å². The van der Waals surface area contributed by atoms with Gasteiger partial charge in [-0.3, -0.25) is 9.88 Å². The van der Waals surface area contributed by atoms with Crippen LogP contribution in [0.1, 0.15) is 29.5 Å². The summed E-state index contributed by atoms with van der Waals surface area (Å²) in [5.74, 6) is 0. The van der Waals surface area contributed by atoms with Crippen molar-refractivity contribution in [3.05, 3.63) is 65.5 Å². The number of pyridine rings is 1. The first-order chi connectivity index (χ1) is 13.6. The highest BCUT2D eigenvalue weighted by Gasteiger charge is 2.49. The van der Waals surface area contributed by atoms with Crippen molar-refractivity contribution in [3.8, 4) is 6.07 Å². The molecular weight excluding hydrogens is 358 g/mol. The quantitative estimate of drug-likeness (QED) is 0.879. The molecule has 4 rings (SSSR count). The molecule has 2 saturated heterocycles. The summed E-state index contributed by atoms with van der Waals surface area (Å²) in [6.07, 6.45) is 3.27. The predicted molar refractivity (Wildman–Crippen MR) is 98.9 cm³/mol. The van der Waals surface area contributed by atoms with E-state index in [0.29, 0.717) is 37.2 Å². The Bertz CT molecular complexity index is 882. The Kier molecular flexibility index (Phi) is 4.99. The molecule has 2 atom stereocenters. The summed E-state index contributed by atoms with van der Waals surface area (Å²) in [7, 11) is 0. The second kappa shape index (κ2) is 7.58. The van der Waals surface area contributed by atoms with Crippen LogP contribution in [0.5, 0.6) is 0 Å². The third-order valence-electron chi connectivity index (χ3n) is 5.37. The van der Waals surface area contributed by atoms with Gasteiger partial charge in [0.1, 0.15) is 12.7 Å². The Hall–Kier alpha value is -2.95. The number of carbonyl (C=O) groups is 1. The molecule has 2 aromatic rings. The van der Waals surface area contributed by atoms with Gasteiger partial charge in [-0.15, -0.1) is 0 Å². The molecule has 0 saturated carbocycles. The molecule has 1 aromatic heterocycles. The average molecular weight is 379 g/mol. The standard InChI is InChI=1S/C21H21N3O4/c22-9-16-6-17(11-23-10-16)21(26)7-18-13-27-14-19(8-21)24(18)20(25)28-12-15-4-2-1-3-5-15/h1-6,10-11,18-19,26H,7-8,12-14H2. The number of fused-ring (bicyclic) bond motifs is 2. The fourth-order valence-corrected chi connectivity index (χ4v) is 4.06. The molecule has 0 radical (unpaired) electrons. The molecule has 2 unspecified atom stereocenters. The maximum Gasteiger partial charge on any atom is 0.410 e. The summed E-state index contributed by atoms with van der Waals surface area (Å²) in [5, 5.41) is 20.4. The molecule has 3 heterocycles. The largest absolute Gasteiger partial charge is 0.445 e. The molecule has 2 fully saturated rings. The number of rotatable bonds is 3. The van der Waals surface area contributed by atoms with Crippen LogP contribution in [0, 0.1) is 11.3 Å². The van der Waals surface area contributed by atoms with E-state index >= 15 is 0 Å². The van der Waals surface area contributed by atoms with E-state index in [0.717, 1.165) is 5.56 Å². The molecule has 7 heteroatoms. The van der Waals surface area contributed by atoms with Gasteiger partial charge in [0.2, 0.25) is 0 Å². The molecule has 2 bridgehead atoms. The summed E-state index contributed by atoms with van der Waals surface area (Å²) in [6, 6.07) is 12.6. The molecular formula is C21H21N3O4. The van der Waals surface area contributed by atoms with Gasteiger partial charge >= 0.3 is 6.09 Å². The van der Waals surface area contributed by atoms with Gasteiger partial charge in [-0.05, 0) is 11.6 Å². The van der Waals surface area contributed by atoms with Crippen LogP contribution in [0.2, 0.25) is 0 Å². The molecule has 2 aliphatic rings. The van der Waals surface area contributed by atoms with Crippen molar-refractivity contribution < 1.29 is 19.4 Å². The van der Waals surface area contributed by atoms with Crippen LogP contribution >= 0.6 is 0 Å². The van der Waals surface area contributed by atoms with Crippen molar-refractivity contribution in [2.24, 2.45) is 0 Å². The summed E-state index contributed by atoms with van der Waals surface area (Å²) < 4.78 is 11.1. The SMILES string of the molecule is N#Cc1cncc(C2(O)CC3COCC(C2)N3C(=O)OCc2ccccc2)c1. The van der Waals surface area contributed by atoms with E-state index in [9.17, 15) is 9.90 Å². The number of hydrogen-bond acceptors (Lipinski definition) is 6. The molecule has 1 aromatic carbocycles. The van der Waals surface area contributed by atoms with E-state index in [4.69, 9.17) is 14.7 Å². The first-order valence-corrected chi connectivity index (χ1v) is 9.24. The van der Waals surface area contributed by atoms with E-state index in [1.807, 2.05) is 30.3 Å². The molecule has 28 heavy (non-hydrogen) atoms. The van der Waals surface area contributed by atoms with Crippen molar-refractivity contribution >= 4 is 6.09 Å². The maximum atomic E-state index is 12.7. The van der Waals surface area contributed by atoms with Gasteiger partial charge in [0.05, 0.1) is 36.5 Å². The zero-order chi connectivity index (χ0) is 19.6. The number of piperidine rings is 1.